The molecule has 0 radical (unpaired) electrons. The van der Waals surface area contributed by atoms with Crippen LogP contribution in [-0.2, 0) is 13.6 Å². The van der Waals surface area contributed by atoms with Crippen LogP contribution in [0.4, 0.5) is 4.39 Å². The molecule has 1 fully saturated rings. The van der Waals surface area contributed by atoms with Crippen LogP contribution in [0.1, 0.15) is 30.8 Å². The molecule has 2 heterocycles. The van der Waals surface area contributed by atoms with E-state index in [0.29, 0.717) is 5.92 Å². The Balaban J connectivity index is 1.68. The number of hydrogen-bond donors (Lipinski definition) is 2. The molecule has 24 heavy (non-hydrogen) atoms. The predicted octanol–water partition coefficient (Wildman–Crippen LogP) is 2.24. The maximum Gasteiger partial charge on any atom is 0.123 e. The van der Waals surface area contributed by atoms with Gasteiger partial charge in [-0.15, -0.1) is 0 Å². The maximum atomic E-state index is 13.2. The smallest absolute Gasteiger partial charge is 0.123 e. The second kappa shape index (κ2) is 7.88. The van der Waals surface area contributed by atoms with Gasteiger partial charge in [0, 0.05) is 38.4 Å². The van der Waals surface area contributed by atoms with Crippen molar-refractivity contribution in [3.8, 4) is 0 Å². The fourth-order valence-corrected chi connectivity index (χ4v) is 3.36. The maximum absolute atomic E-state index is 13.2. The normalized spacial score (nSPS) is 20.8. The highest BCUT2D eigenvalue weighted by Crippen LogP contribution is 2.26. The zero-order valence-electron chi connectivity index (χ0n) is 14.4. The first-order valence-electron chi connectivity index (χ1n) is 8.59. The molecule has 1 aliphatic heterocycles. The molecule has 0 amide bonds. The molecule has 2 N–H and O–H groups in total. The van der Waals surface area contributed by atoms with E-state index in [1.807, 2.05) is 31.6 Å². The lowest BCUT2D eigenvalue weighted by atomic mass is 9.94. The summed E-state index contributed by atoms with van der Waals surface area (Å²) in [4.78, 5) is 6.90. The number of halogens is 1. The highest BCUT2D eigenvalue weighted by Gasteiger charge is 2.29. The number of hydrogen-bond acceptors (Lipinski definition) is 4. The van der Waals surface area contributed by atoms with Crippen molar-refractivity contribution >= 4 is 0 Å². The van der Waals surface area contributed by atoms with Gasteiger partial charge in [0.25, 0.3) is 0 Å². The summed E-state index contributed by atoms with van der Waals surface area (Å²) < 4.78 is 15.3. The van der Waals surface area contributed by atoms with E-state index in [-0.39, 0.29) is 11.9 Å². The van der Waals surface area contributed by atoms with Gasteiger partial charge in [-0.05, 0) is 30.7 Å². The molecule has 2 aromatic rings. The second-order valence-corrected chi connectivity index (χ2v) is 6.50. The number of hydrazine groups is 1. The highest BCUT2D eigenvalue weighted by molar-refractivity contribution is 5.21. The monoisotopic (exact) mass is 331 g/mol. The number of imidazole rings is 1. The number of nitrogens with one attached hydrogen (secondary N) is 2. The van der Waals surface area contributed by atoms with Crippen molar-refractivity contribution in [3.05, 3.63) is 53.9 Å². The Morgan fingerprint density at radius 3 is 2.79 bits per heavy atom. The van der Waals surface area contributed by atoms with Gasteiger partial charge in [-0.2, -0.15) is 0 Å². The van der Waals surface area contributed by atoms with Gasteiger partial charge in [-0.1, -0.05) is 19.1 Å². The Labute approximate surface area is 142 Å². The van der Waals surface area contributed by atoms with Crippen LogP contribution in [0.3, 0.4) is 0 Å². The Morgan fingerprint density at radius 2 is 2.12 bits per heavy atom. The summed E-state index contributed by atoms with van der Waals surface area (Å²) in [5, 5.41) is 0. The number of aryl methyl sites for hydroxylation is 1. The van der Waals surface area contributed by atoms with Crippen LogP contribution in [-0.4, -0.2) is 34.1 Å². The highest BCUT2D eigenvalue weighted by atomic mass is 19.1. The van der Waals surface area contributed by atoms with Crippen molar-refractivity contribution in [1.29, 1.82) is 0 Å². The summed E-state index contributed by atoms with van der Waals surface area (Å²) >= 11 is 0. The lowest BCUT2D eigenvalue weighted by Gasteiger charge is -2.27. The molecule has 0 spiro atoms. The standard InChI is InChI=1S/C18H26FN5/c1-3-9-24(13-17-20-8-10-23(17)2)12-15-11-21-22-18(15)14-4-6-16(19)7-5-14/h4-8,10,15,18,21-22H,3,9,11-13H2,1-2H3. The first-order chi connectivity index (χ1) is 11.7. The van der Waals surface area contributed by atoms with E-state index in [9.17, 15) is 4.39 Å². The summed E-state index contributed by atoms with van der Waals surface area (Å²) in [6, 6.07) is 7.01. The summed E-state index contributed by atoms with van der Waals surface area (Å²) in [7, 11) is 2.03. The molecule has 1 aliphatic rings. The van der Waals surface area contributed by atoms with Gasteiger partial charge in [0.05, 0.1) is 12.6 Å². The van der Waals surface area contributed by atoms with Crippen LogP contribution in [0.25, 0.3) is 0 Å². The van der Waals surface area contributed by atoms with Crippen molar-refractivity contribution in [2.45, 2.75) is 25.9 Å². The average molecular weight is 331 g/mol. The molecule has 1 saturated heterocycles. The van der Waals surface area contributed by atoms with Crippen LogP contribution >= 0.6 is 0 Å². The minimum atomic E-state index is -0.191. The summed E-state index contributed by atoms with van der Waals surface area (Å²) in [5.41, 5.74) is 7.73. The van der Waals surface area contributed by atoms with Crippen molar-refractivity contribution in [3.63, 3.8) is 0 Å². The fourth-order valence-electron chi connectivity index (χ4n) is 3.36. The van der Waals surface area contributed by atoms with Crippen LogP contribution in [0, 0.1) is 11.7 Å². The van der Waals surface area contributed by atoms with E-state index in [1.54, 1.807) is 0 Å². The van der Waals surface area contributed by atoms with E-state index >= 15 is 0 Å². The SMILES string of the molecule is CCCN(Cc1nccn1C)CC1CNNC1c1ccc(F)cc1. The van der Waals surface area contributed by atoms with Gasteiger partial charge in [-0.25, -0.2) is 14.8 Å². The van der Waals surface area contributed by atoms with E-state index in [0.717, 1.165) is 44.0 Å². The minimum Gasteiger partial charge on any atom is -0.337 e. The molecule has 0 aliphatic carbocycles. The number of benzene rings is 1. The third-order valence-electron chi connectivity index (χ3n) is 4.64. The Kier molecular flexibility index (Phi) is 5.60. The summed E-state index contributed by atoms with van der Waals surface area (Å²) in [6.07, 6.45) is 4.94. The molecule has 1 aromatic heterocycles. The fraction of sp³-hybridized carbons (Fsp3) is 0.500. The zero-order chi connectivity index (χ0) is 16.9. The largest absolute Gasteiger partial charge is 0.337 e. The van der Waals surface area contributed by atoms with Crippen molar-refractivity contribution < 1.29 is 4.39 Å². The van der Waals surface area contributed by atoms with Crippen molar-refractivity contribution in [1.82, 2.24) is 25.3 Å². The first kappa shape index (κ1) is 17.1. The summed E-state index contributed by atoms with van der Waals surface area (Å²) in [6.45, 7) is 5.98. The van der Waals surface area contributed by atoms with Gasteiger partial charge in [0.15, 0.2) is 0 Å². The second-order valence-electron chi connectivity index (χ2n) is 6.50. The van der Waals surface area contributed by atoms with Gasteiger partial charge < -0.3 is 4.57 Å². The lowest BCUT2D eigenvalue weighted by molar-refractivity contribution is 0.212. The van der Waals surface area contributed by atoms with Gasteiger partial charge in [-0.3, -0.25) is 10.3 Å². The third-order valence-corrected chi connectivity index (χ3v) is 4.64. The number of rotatable bonds is 7. The molecule has 6 heteroatoms. The lowest BCUT2D eigenvalue weighted by Crippen LogP contribution is -2.34. The molecular formula is C18H26FN5. The molecular weight excluding hydrogens is 305 g/mol. The number of aromatic nitrogens is 2. The van der Waals surface area contributed by atoms with Gasteiger partial charge >= 0.3 is 0 Å². The minimum absolute atomic E-state index is 0.191. The number of nitrogens with zero attached hydrogens (tertiary/aromatic N) is 3. The van der Waals surface area contributed by atoms with E-state index < -0.39 is 0 Å². The zero-order valence-corrected chi connectivity index (χ0v) is 14.4. The van der Waals surface area contributed by atoms with E-state index in [1.165, 1.54) is 12.1 Å². The first-order valence-corrected chi connectivity index (χ1v) is 8.59. The Bertz CT molecular complexity index is 639. The topological polar surface area (TPSA) is 45.1 Å². The third kappa shape index (κ3) is 4.01. The van der Waals surface area contributed by atoms with Crippen LogP contribution in [0.2, 0.25) is 0 Å². The Morgan fingerprint density at radius 1 is 1.33 bits per heavy atom. The molecule has 1 aromatic carbocycles. The molecule has 0 saturated carbocycles. The molecule has 2 atom stereocenters. The molecule has 0 bridgehead atoms. The van der Waals surface area contributed by atoms with E-state index in [2.05, 4.69) is 32.2 Å². The van der Waals surface area contributed by atoms with Gasteiger partial charge in [0.1, 0.15) is 11.6 Å². The average Bonchev–Trinajstić information content (AvgIpc) is 3.18. The summed E-state index contributed by atoms with van der Waals surface area (Å²) in [5.74, 6) is 1.33. The van der Waals surface area contributed by atoms with Gasteiger partial charge in [0.2, 0.25) is 0 Å². The molecule has 3 rings (SSSR count). The van der Waals surface area contributed by atoms with E-state index in [4.69, 9.17) is 0 Å². The van der Waals surface area contributed by atoms with Crippen molar-refractivity contribution in [2.24, 2.45) is 13.0 Å². The quantitative estimate of drug-likeness (QED) is 0.817. The van der Waals surface area contributed by atoms with Crippen LogP contribution in [0.5, 0.6) is 0 Å². The van der Waals surface area contributed by atoms with Crippen molar-refractivity contribution in [2.75, 3.05) is 19.6 Å². The van der Waals surface area contributed by atoms with Crippen LogP contribution < -0.4 is 10.9 Å². The molecule has 5 nitrogen and oxygen atoms in total. The van der Waals surface area contributed by atoms with Crippen LogP contribution in [0.15, 0.2) is 36.7 Å². The Hall–Kier alpha value is -1.76. The molecule has 130 valence electrons. The molecule has 2 unspecified atom stereocenters. The predicted molar refractivity (Wildman–Crippen MR) is 92.5 cm³/mol.